The Hall–Kier alpha value is -2.21. The molecule has 0 saturated carbocycles. The van der Waals surface area contributed by atoms with Gasteiger partial charge in [-0.3, -0.25) is 4.31 Å². The van der Waals surface area contributed by atoms with Crippen molar-refractivity contribution in [1.82, 2.24) is 0 Å². The van der Waals surface area contributed by atoms with Gasteiger partial charge in [-0.15, -0.1) is 0 Å². The van der Waals surface area contributed by atoms with Crippen molar-refractivity contribution in [2.45, 2.75) is 18.7 Å². The summed E-state index contributed by atoms with van der Waals surface area (Å²) in [5, 5.41) is 0. The third-order valence-electron chi connectivity index (χ3n) is 3.58. The number of benzene rings is 2. The van der Waals surface area contributed by atoms with Crippen LogP contribution in [-0.4, -0.2) is 29.2 Å². The third-order valence-corrected chi connectivity index (χ3v) is 5.50. The van der Waals surface area contributed by atoms with Gasteiger partial charge in [0.15, 0.2) is 0 Å². The van der Waals surface area contributed by atoms with E-state index in [1.165, 1.54) is 24.6 Å². The minimum atomic E-state index is -3.77. The van der Waals surface area contributed by atoms with E-state index in [1.54, 1.807) is 37.3 Å². The smallest absolute Gasteiger partial charge is 0.268 e. The molecule has 0 aromatic heterocycles. The second kappa shape index (κ2) is 6.91. The Bertz CT molecular complexity index is 773. The zero-order chi connectivity index (χ0) is 17.0. The van der Waals surface area contributed by atoms with Gasteiger partial charge in [0, 0.05) is 12.6 Å². The van der Waals surface area contributed by atoms with Gasteiger partial charge in [-0.2, -0.15) is 0 Å². The number of hydrogen-bond acceptors (Lipinski definition) is 4. The highest BCUT2D eigenvalue weighted by Crippen LogP contribution is 2.34. The molecule has 0 spiro atoms. The highest BCUT2D eigenvalue weighted by molar-refractivity contribution is 7.93. The minimum absolute atomic E-state index is 0.0909. The SMILES string of the molecule is CCN(c1ccccc1)S(=O)(=O)c1cc(OC)c(C)cc1OC. The minimum Gasteiger partial charge on any atom is -0.496 e. The molecule has 0 amide bonds. The highest BCUT2D eigenvalue weighted by atomic mass is 32.2. The number of ether oxygens (including phenoxy) is 2. The summed E-state index contributed by atoms with van der Waals surface area (Å²) in [7, 11) is -0.797. The van der Waals surface area contributed by atoms with Crippen molar-refractivity contribution in [1.29, 1.82) is 0 Å². The number of sulfonamides is 1. The lowest BCUT2D eigenvalue weighted by Crippen LogP contribution is -2.31. The van der Waals surface area contributed by atoms with Crippen LogP contribution in [0.2, 0.25) is 0 Å². The Morgan fingerprint density at radius 1 is 1.00 bits per heavy atom. The van der Waals surface area contributed by atoms with Crippen LogP contribution in [0.5, 0.6) is 11.5 Å². The number of rotatable bonds is 6. The molecule has 6 heteroatoms. The predicted octanol–water partition coefficient (Wildman–Crippen LogP) is 3.23. The average molecular weight is 335 g/mol. The Morgan fingerprint density at radius 3 is 2.13 bits per heavy atom. The molecule has 0 radical (unpaired) electrons. The molecule has 124 valence electrons. The first-order valence-electron chi connectivity index (χ1n) is 7.26. The van der Waals surface area contributed by atoms with E-state index in [0.717, 1.165) is 5.56 Å². The fraction of sp³-hybridized carbons (Fsp3) is 0.294. The fourth-order valence-corrected chi connectivity index (χ4v) is 4.06. The van der Waals surface area contributed by atoms with Gasteiger partial charge in [0.05, 0.1) is 19.9 Å². The van der Waals surface area contributed by atoms with E-state index in [0.29, 0.717) is 23.7 Å². The summed E-state index contributed by atoms with van der Waals surface area (Å²) >= 11 is 0. The molecule has 0 aliphatic heterocycles. The first-order valence-corrected chi connectivity index (χ1v) is 8.70. The van der Waals surface area contributed by atoms with Crippen molar-refractivity contribution in [3.05, 3.63) is 48.0 Å². The van der Waals surface area contributed by atoms with Gasteiger partial charge in [0.25, 0.3) is 10.0 Å². The Balaban J connectivity index is 2.62. The normalized spacial score (nSPS) is 11.1. The molecule has 0 bridgehead atoms. The molecular weight excluding hydrogens is 314 g/mol. The van der Waals surface area contributed by atoms with Crippen LogP contribution < -0.4 is 13.8 Å². The number of nitrogens with zero attached hydrogens (tertiary/aromatic N) is 1. The van der Waals surface area contributed by atoms with Gasteiger partial charge in [-0.05, 0) is 37.6 Å². The quantitative estimate of drug-likeness (QED) is 0.813. The predicted molar refractivity (Wildman–Crippen MR) is 90.9 cm³/mol. The molecule has 0 heterocycles. The molecule has 2 aromatic rings. The van der Waals surface area contributed by atoms with Crippen molar-refractivity contribution in [3.63, 3.8) is 0 Å². The second-order valence-corrected chi connectivity index (χ2v) is 6.81. The first-order chi connectivity index (χ1) is 11.0. The summed E-state index contributed by atoms with van der Waals surface area (Å²) in [4.78, 5) is 0.0909. The standard InChI is InChI=1S/C17H21NO4S/c1-5-18(14-9-7-6-8-10-14)23(19,20)17-12-15(21-3)13(2)11-16(17)22-4/h6-12H,5H2,1-4H3. The van der Waals surface area contributed by atoms with Gasteiger partial charge in [-0.25, -0.2) is 8.42 Å². The molecule has 2 aromatic carbocycles. The maximum atomic E-state index is 13.1. The Morgan fingerprint density at radius 2 is 1.61 bits per heavy atom. The van der Waals surface area contributed by atoms with Crippen LogP contribution in [0.3, 0.4) is 0 Å². The summed E-state index contributed by atoms with van der Waals surface area (Å²) in [5.41, 5.74) is 1.42. The maximum Gasteiger partial charge on any atom is 0.268 e. The van der Waals surface area contributed by atoms with Crippen LogP contribution in [-0.2, 0) is 10.0 Å². The molecule has 0 aliphatic carbocycles. The van der Waals surface area contributed by atoms with Crippen LogP contribution in [0, 0.1) is 6.92 Å². The zero-order valence-electron chi connectivity index (χ0n) is 13.7. The van der Waals surface area contributed by atoms with Gasteiger partial charge >= 0.3 is 0 Å². The van der Waals surface area contributed by atoms with Crippen LogP contribution in [0.4, 0.5) is 5.69 Å². The van der Waals surface area contributed by atoms with Gasteiger partial charge in [-0.1, -0.05) is 18.2 Å². The molecule has 0 N–H and O–H groups in total. The lowest BCUT2D eigenvalue weighted by molar-refractivity contribution is 0.390. The monoisotopic (exact) mass is 335 g/mol. The van der Waals surface area contributed by atoms with Gasteiger partial charge in [0.2, 0.25) is 0 Å². The van der Waals surface area contributed by atoms with Crippen molar-refractivity contribution in [3.8, 4) is 11.5 Å². The fourth-order valence-electron chi connectivity index (χ4n) is 2.43. The van der Waals surface area contributed by atoms with E-state index in [9.17, 15) is 8.42 Å². The summed E-state index contributed by atoms with van der Waals surface area (Å²) in [6.45, 7) is 3.95. The number of aryl methyl sites for hydroxylation is 1. The van der Waals surface area contributed by atoms with Crippen LogP contribution >= 0.6 is 0 Å². The molecule has 23 heavy (non-hydrogen) atoms. The van der Waals surface area contributed by atoms with Crippen LogP contribution in [0.15, 0.2) is 47.4 Å². The van der Waals surface area contributed by atoms with Crippen LogP contribution in [0.1, 0.15) is 12.5 Å². The van der Waals surface area contributed by atoms with Crippen molar-refractivity contribution in [2.24, 2.45) is 0 Å². The molecule has 0 saturated heterocycles. The van der Waals surface area contributed by atoms with Gasteiger partial charge in [0.1, 0.15) is 16.4 Å². The number of methoxy groups -OCH3 is 2. The maximum absolute atomic E-state index is 13.1. The highest BCUT2D eigenvalue weighted by Gasteiger charge is 2.28. The van der Waals surface area contributed by atoms with Crippen molar-refractivity contribution < 1.29 is 17.9 Å². The molecule has 0 atom stereocenters. The van der Waals surface area contributed by atoms with E-state index < -0.39 is 10.0 Å². The number of para-hydroxylation sites is 1. The number of anilines is 1. The largest absolute Gasteiger partial charge is 0.496 e. The summed E-state index contributed by atoms with van der Waals surface area (Å²) in [5.74, 6) is 0.811. The average Bonchev–Trinajstić information content (AvgIpc) is 2.55. The third kappa shape index (κ3) is 3.27. The Kier molecular flexibility index (Phi) is 5.15. The lowest BCUT2D eigenvalue weighted by atomic mass is 10.2. The first kappa shape index (κ1) is 17.1. The van der Waals surface area contributed by atoms with E-state index in [1.807, 2.05) is 13.0 Å². The summed E-state index contributed by atoms with van der Waals surface area (Å²) in [6, 6.07) is 12.2. The van der Waals surface area contributed by atoms with E-state index in [4.69, 9.17) is 9.47 Å². The molecule has 2 rings (SSSR count). The summed E-state index contributed by atoms with van der Waals surface area (Å²) < 4.78 is 38.1. The van der Waals surface area contributed by atoms with Crippen molar-refractivity contribution >= 4 is 15.7 Å². The van der Waals surface area contributed by atoms with E-state index >= 15 is 0 Å². The molecular formula is C17H21NO4S. The lowest BCUT2D eigenvalue weighted by Gasteiger charge is -2.24. The zero-order valence-corrected chi connectivity index (χ0v) is 14.6. The molecule has 0 fully saturated rings. The van der Waals surface area contributed by atoms with Crippen LogP contribution in [0.25, 0.3) is 0 Å². The summed E-state index contributed by atoms with van der Waals surface area (Å²) in [6.07, 6.45) is 0. The van der Waals surface area contributed by atoms with Crippen molar-refractivity contribution in [2.75, 3.05) is 25.1 Å². The van der Waals surface area contributed by atoms with E-state index in [-0.39, 0.29) is 4.90 Å². The van der Waals surface area contributed by atoms with Gasteiger partial charge < -0.3 is 9.47 Å². The molecule has 5 nitrogen and oxygen atoms in total. The topological polar surface area (TPSA) is 55.8 Å². The molecule has 0 aliphatic rings. The second-order valence-electron chi connectivity index (χ2n) is 4.98. The van der Waals surface area contributed by atoms with E-state index in [2.05, 4.69) is 0 Å². The molecule has 0 unspecified atom stereocenters. The Labute approximate surface area is 137 Å². The number of hydrogen-bond donors (Lipinski definition) is 0.